The molecular weight excluding hydrogens is 206 g/mol. The van der Waals surface area contributed by atoms with Crippen LogP contribution in [0.25, 0.3) is 0 Å². The fourth-order valence-corrected chi connectivity index (χ4v) is 2.76. The molecule has 13 heavy (non-hydrogen) atoms. The second-order valence-corrected chi connectivity index (χ2v) is 4.31. The Balaban J connectivity index is 2.34. The molecule has 2 rings (SSSR count). The minimum absolute atomic E-state index is 0.0359. The van der Waals surface area contributed by atoms with E-state index < -0.39 is 0 Å². The molecule has 1 saturated heterocycles. The number of hydrogen-bond acceptors (Lipinski definition) is 3. The van der Waals surface area contributed by atoms with Crippen LogP contribution in [0.2, 0.25) is 5.15 Å². The first-order valence-electron chi connectivity index (χ1n) is 4.00. The Labute approximate surface area is 85.7 Å². The lowest BCUT2D eigenvalue weighted by atomic mass is 10.00. The number of carbonyl (C=O) groups is 1. The molecule has 1 aromatic heterocycles. The molecule has 2 heterocycles. The average molecular weight is 214 g/mol. The summed E-state index contributed by atoms with van der Waals surface area (Å²) >= 11 is 7.55. The van der Waals surface area contributed by atoms with Crippen LogP contribution in [0, 0.1) is 0 Å². The van der Waals surface area contributed by atoms with Crippen molar-refractivity contribution in [1.82, 2.24) is 4.98 Å². The van der Waals surface area contributed by atoms with E-state index in [1.165, 1.54) is 0 Å². The molecule has 0 amide bonds. The van der Waals surface area contributed by atoms with Gasteiger partial charge < -0.3 is 0 Å². The third-order valence-electron chi connectivity index (χ3n) is 2.08. The number of halogens is 1. The van der Waals surface area contributed by atoms with Crippen molar-refractivity contribution in [3.63, 3.8) is 0 Å². The topological polar surface area (TPSA) is 30.0 Å². The summed E-state index contributed by atoms with van der Waals surface area (Å²) in [5.41, 5.74) is 0.874. The van der Waals surface area contributed by atoms with E-state index in [9.17, 15) is 4.79 Å². The molecule has 1 fully saturated rings. The quantitative estimate of drug-likeness (QED) is 0.670. The monoisotopic (exact) mass is 213 g/mol. The standard InChI is InChI=1S/C9H8ClNOS/c10-9-6(2-1-3-11-9)7-4-13-5-8(7)12/h1-3,7H,4-5H2. The molecule has 68 valence electrons. The molecule has 0 aliphatic carbocycles. The number of carbonyl (C=O) groups excluding carboxylic acids is 1. The average Bonchev–Trinajstić information content (AvgIpc) is 2.52. The van der Waals surface area contributed by atoms with Crippen LogP contribution in [-0.4, -0.2) is 22.3 Å². The van der Waals surface area contributed by atoms with Gasteiger partial charge in [-0.3, -0.25) is 4.79 Å². The van der Waals surface area contributed by atoms with Gasteiger partial charge in [-0.2, -0.15) is 11.8 Å². The zero-order valence-corrected chi connectivity index (χ0v) is 8.44. The molecule has 0 bridgehead atoms. The number of aromatic nitrogens is 1. The molecule has 1 unspecified atom stereocenters. The second-order valence-electron chi connectivity index (χ2n) is 2.92. The zero-order chi connectivity index (χ0) is 9.26. The Morgan fingerprint density at radius 2 is 2.46 bits per heavy atom. The van der Waals surface area contributed by atoms with Crippen molar-refractivity contribution in [2.75, 3.05) is 11.5 Å². The lowest BCUT2D eigenvalue weighted by molar-refractivity contribution is -0.117. The smallest absolute Gasteiger partial charge is 0.151 e. The second kappa shape index (κ2) is 3.68. The van der Waals surface area contributed by atoms with Gasteiger partial charge in [0.15, 0.2) is 5.78 Å². The summed E-state index contributed by atoms with van der Waals surface area (Å²) in [6.45, 7) is 0. The summed E-state index contributed by atoms with van der Waals surface area (Å²) in [5, 5.41) is 0.461. The minimum Gasteiger partial charge on any atom is -0.298 e. The molecule has 4 heteroatoms. The zero-order valence-electron chi connectivity index (χ0n) is 6.87. The van der Waals surface area contributed by atoms with Crippen molar-refractivity contribution in [2.45, 2.75) is 5.92 Å². The molecule has 0 N–H and O–H groups in total. The Kier molecular flexibility index (Phi) is 2.56. The molecule has 0 aromatic carbocycles. The van der Waals surface area contributed by atoms with Crippen LogP contribution in [0.5, 0.6) is 0 Å². The highest BCUT2D eigenvalue weighted by Crippen LogP contribution is 2.32. The van der Waals surface area contributed by atoms with Gasteiger partial charge in [-0.15, -0.1) is 0 Å². The highest BCUT2D eigenvalue weighted by molar-refractivity contribution is 8.00. The van der Waals surface area contributed by atoms with E-state index in [-0.39, 0.29) is 11.7 Å². The van der Waals surface area contributed by atoms with Gasteiger partial charge >= 0.3 is 0 Å². The van der Waals surface area contributed by atoms with Crippen LogP contribution in [-0.2, 0) is 4.79 Å². The number of thioether (sulfide) groups is 1. The Bertz CT molecular complexity index is 342. The summed E-state index contributed by atoms with van der Waals surface area (Å²) in [7, 11) is 0. The van der Waals surface area contributed by atoms with Crippen molar-refractivity contribution >= 4 is 29.1 Å². The molecule has 1 aromatic rings. The highest BCUT2D eigenvalue weighted by Gasteiger charge is 2.28. The van der Waals surface area contributed by atoms with Gasteiger partial charge in [0.05, 0.1) is 11.7 Å². The third-order valence-corrected chi connectivity index (χ3v) is 3.45. The molecule has 1 atom stereocenters. The number of hydrogen-bond donors (Lipinski definition) is 0. The van der Waals surface area contributed by atoms with E-state index in [0.29, 0.717) is 10.9 Å². The van der Waals surface area contributed by atoms with Gasteiger partial charge in [-0.1, -0.05) is 17.7 Å². The normalized spacial score (nSPS) is 22.2. The van der Waals surface area contributed by atoms with Gasteiger partial charge in [-0.25, -0.2) is 4.98 Å². The van der Waals surface area contributed by atoms with Crippen molar-refractivity contribution < 1.29 is 4.79 Å². The molecule has 0 saturated carbocycles. The lowest BCUT2D eigenvalue weighted by Gasteiger charge is -2.07. The number of rotatable bonds is 1. The van der Waals surface area contributed by atoms with Crippen molar-refractivity contribution in [1.29, 1.82) is 0 Å². The summed E-state index contributed by atoms with van der Waals surface area (Å²) in [5.74, 6) is 1.67. The number of Topliss-reactive ketones (excluding diaryl/α,β-unsaturated/α-hetero) is 1. The van der Waals surface area contributed by atoms with Gasteiger partial charge in [0, 0.05) is 17.5 Å². The number of ketones is 1. The van der Waals surface area contributed by atoms with Crippen LogP contribution in [0.15, 0.2) is 18.3 Å². The Morgan fingerprint density at radius 1 is 1.62 bits per heavy atom. The van der Waals surface area contributed by atoms with Gasteiger partial charge in [0.2, 0.25) is 0 Å². The van der Waals surface area contributed by atoms with Crippen LogP contribution in [0.4, 0.5) is 0 Å². The maximum Gasteiger partial charge on any atom is 0.151 e. The summed E-state index contributed by atoms with van der Waals surface area (Å²) < 4.78 is 0. The summed E-state index contributed by atoms with van der Waals surface area (Å²) in [4.78, 5) is 15.4. The molecule has 0 spiro atoms. The van der Waals surface area contributed by atoms with E-state index >= 15 is 0 Å². The van der Waals surface area contributed by atoms with Gasteiger partial charge in [0.1, 0.15) is 5.15 Å². The molecule has 1 aliphatic rings. The predicted molar refractivity (Wildman–Crippen MR) is 54.3 cm³/mol. The van der Waals surface area contributed by atoms with E-state index in [4.69, 9.17) is 11.6 Å². The maximum absolute atomic E-state index is 11.4. The third kappa shape index (κ3) is 1.71. The molecule has 2 nitrogen and oxygen atoms in total. The predicted octanol–water partition coefficient (Wildman–Crippen LogP) is 2.13. The van der Waals surface area contributed by atoms with Crippen LogP contribution in [0.3, 0.4) is 0 Å². The number of nitrogens with zero attached hydrogens (tertiary/aromatic N) is 1. The molecule has 0 radical (unpaired) electrons. The maximum atomic E-state index is 11.4. The molecular formula is C9H8ClNOS. The first kappa shape index (κ1) is 9.03. The summed E-state index contributed by atoms with van der Waals surface area (Å²) in [6.07, 6.45) is 1.64. The largest absolute Gasteiger partial charge is 0.298 e. The van der Waals surface area contributed by atoms with Crippen molar-refractivity contribution in [2.24, 2.45) is 0 Å². The van der Waals surface area contributed by atoms with Gasteiger partial charge in [-0.05, 0) is 6.07 Å². The Hall–Kier alpha value is -0.540. The minimum atomic E-state index is -0.0359. The Morgan fingerprint density at radius 3 is 3.08 bits per heavy atom. The number of pyridine rings is 1. The summed E-state index contributed by atoms with van der Waals surface area (Å²) in [6, 6.07) is 3.70. The van der Waals surface area contributed by atoms with Crippen molar-refractivity contribution in [3.05, 3.63) is 29.0 Å². The van der Waals surface area contributed by atoms with Crippen LogP contribution in [0.1, 0.15) is 11.5 Å². The first-order chi connectivity index (χ1) is 6.29. The fourth-order valence-electron chi connectivity index (χ4n) is 1.39. The molecule has 1 aliphatic heterocycles. The van der Waals surface area contributed by atoms with E-state index in [0.717, 1.165) is 11.3 Å². The first-order valence-corrected chi connectivity index (χ1v) is 5.53. The van der Waals surface area contributed by atoms with Crippen molar-refractivity contribution in [3.8, 4) is 0 Å². The lowest BCUT2D eigenvalue weighted by Crippen LogP contribution is -2.09. The highest BCUT2D eigenvalue weighted by atomic mass is 35.5. The van der Waals surface area contributed by atoms with E-state index in [2.05, 4.69) is 4.98 Å². The van der Waals surface area contributed by atoms with E-state index in [1.54, 1.807) is 18.0 Å². The fraction of sp³-hybridized carbons (Fsp3) is 0.333. The van der Waals surface area contributed by atoms with Crippen LogP contribution < -0.4 is 0 Å². The SMILES string of the molecule is O=C1CSCC1c1cccnc1Cl. The van der Waals surface area contributed by atoms with Gasteiger partial charge in [0.25, 0.3) is 0 Å². The van der Waals surface area contributed by atoms with E-state index in [1.807, 2.05) is 12.1 Å². The van der Waals surface area contributed by atoms with Crippen LogP contribution >= 0.6 is 23.4 Å².